The number of rotatable bonds is 6. The zero-order valence-corrected chi connectivity index (χ0v) is 17.0. The quantitative estimate of drug-likeness (QED) is 0.785. The summed E-state index contributed by atoms with van der Waals surface area (Å²) in [4.78, 5) is 14.4. The largest absolute Gasteiger partial charge is 0.325 e. The van der Waals surface area contributed by atoms with Crippen LogP contribution in [0, 0.1) is 5.82 Å². The minimum Gasteiger partial charge on any atom is -0.325 e. The molecular formula is C21H24FN3O3S. The van der Waals surface area contributed by atoms with Crippen molar-refractivity contribution in [3.63, 3.8) is 0 Å². The first-order chi connectivity index (χ1) is 13.8. The second-order valence-corrected chi connectivity index (χ2v) is 8.69. The third-order valence-electron chi connectivity index (χ3n) is 4.88. The van der Waals surface area contributed by atoms with Crippen molar-refractivity contribution < 1.29 is 17.6 Å². The molecule has 3 rings (SSSR count). The highest BCUT2D eigenvalue weighted by molar-refractivity contribution is 7.92. The molecular weight excluding hydrogens is 393 g/mol. The van der Waals surface area contributed by atoms with Crippen LogP contribution in [0.3, 0.4) is 0 Å². The lowest BCUT2D eigenvalue weighted by molar-refractivity contribution is -0.121. The zero-order chi connectivity index (χ0) is 20.9. The molecule has 0 bridgehead atoms. The molecule has 0 radical (unpaired) electrons. The fraction of sp³-hybridized carbons (Fsp3) is 0.286. The maximum atomic E-state index is 13.3. The molecule has 1 heterocycles. The number of hydrogen-bond donors (Lipinski definition) is 1. The number of benzene rings is 2. The fourth-order valence-electron chi connectivity index (χ4n) is 3.14. The summed E-state index contributed by atoms with van der Waals surface area (Å²) in [5, 5.41) is 3.92. The van der Waals surface area contributed by atoms with Gasteiger partial charge < -0.3 is 5.32 Å². The Hall–Kier alpha value is -2.55. The number of carbonyl (C=O) groups excluding carboxylic acids is 1. The van der Waals surface area contributed by atoms with Gasteiger partial charge in [-0.05, 0) is 36.8 Å². The van der Waals surface area contributed by atoms with Crippen LogP contribution in [-0.2, 0) is 14.8 Å². The van der Waals surface area contributed by atoms with Crippen LogP contribution in [0.25, 0.3) is 6.08 Å². The maximum absolute atomic E-state index is 13.3. The number of halogens is 1. The molecule has 29 heavy (non-hydrogen) atoms. The Morgan fingerprint density at radius 1 is 1.07 bits per heavy atom. The topological polar surface area (TPSA) is 69.7 Å². The van der Waals surface area contributed by atoms with Crippen LogP contribution in [0.4, 0.5) is 10.1 Å². The molecule has 1 atom stereocenters. The molecule has 1 aliphatic rings. The predicted octanol–water partition coefficient (Wildman–Crippen LogP) is 2.77. The lowest BCUT2D eigenvalue weighted by Gasteiger charge is -2.36. The van der Waals surface area contributed by atoms with Crippen LogP contribution in [0.5, 0.6) is 0 Å². The van der Waals surface area contributed by atoms with E-state index in [1.165, 1.54) is 27.9 Å². The summed E-state index contributed by atoms with van der Waals surface area (Å²) < 4.78 is 39.8. The number of nitrogens with one attached hydrogen (secondary N) is 1. The van der Waals surface area contributed by atoms with E-state index in [9.17, 15) is 17.6 Å². The average molecular weight is 418 g/mol. The van der Waals surface area contributed by atoms with E-state index in [1.54, 1.807) is 19.1 Å². The highest BCUT2D eigenvalue weighted by Crippen LogP contribution is 2.15. The van der Waals surface area contributed by atoms with Gasteiger partial charge in [-0.2, -0.15) is 4.31 Å². The summed E-state index contributed by atoms with van der Waals surface area (Å²) in [7, 11) is -3.52. The first-order valence-corrected chi connectivity index (χ1v) is 10.9. The van der Waals surface area contributed by atoms with Gasteiger partial charge in [-0.1, -0.05) is 36.4 Å². The van der Waals surface area contributed by atoms with Crippen LogP contribution in [0.1, 0.15) is 12.5 Å². The van der Waals surface area contributed by atoms with Gasteiger partial charge in [0.1, 0.15) is 5.82 Å². The van der Waals surface area contributed by atoms with E-state index >= 15 is 0 Å². The Labute approximate surface area is 170 Å². The molecule has 1 aliphatic heterocycles. The van der Waals surface area contributed by atoms with Crippen molar-refractivity contribution in [2.24, 2.45) is 0 Å². The molecule has 0 unspecified atom stereocenters. The minimum atomic E-state index is -3.52. The molecule has 154 valence electrons. The Bertz CT molecular complexity index is 972. The monoisotopic (exact) mass is 417 g/mol. The summed E-state index contributed by atoms with van der Waals surface area (Å²) in [5.74, 6) is -0.672. The van der Waals surface area contributed by atoms with Crippen LogP contribution in [0.2, 0.25) is 0 Å². The number of anilines is 1. The number of amides is 1. The summed E-state index contributed by atoms with van der Waals surface area (Å²) >= 11 is 0. The Morgan fingerprint density at radius 3 is 2.41 bits per heavy atom. The van der Waals surface area contributed by atoms with Gasteiger partial charge in [0, 0.05) is 37.3 Å². The Kier molecular flexibility index (Phi) is 6.79. The predicted molar refractivity (Wildman–Crippen MR) is 112 cm³/mol. The van der Waals surface area contributed by atoms with E-state index in [0.29, 0.717) is 31.9 Å². The highest BCUT2D eigenvalue weighted by Gasteiger charge is 2.29. The molecule has 2 aromatic carbocycles. The van der Waals surface area contributed by atoms with Crippen molar-refractivity contribution >= 4 is 27.7 Å². The van der Waals surface area contributed by atoms with Gasteiger partial charge in [-0.3, -0.25) is 9.69 Å². The summed E-state index contributed by atoms with van der Waals surface area (Å²) in [6.45, 7) is 3.25. The van der Waals surface area contributed by atoms with E-state index < -0.39 is 21.9 Å². The molecule has 0 spiro atoms. The van der Waals surface area contributed by atoms with Crippen LogP contribution < -0.4 is 5.32 Å². The molecule has 1 N–H and O–H groups in total. The SMILES string of the molecule is C[C@@H](C(=O)Nc1cccc(F)c1)N1CCN(S(=O)(=O)/C=C/c2ccccc2)CC1. The van der Waals surface area contributed by atoms with Gasteiger partial charge in [0.25, 0.3) is 0 Å². The summed E-state index contributed by atoms with van der Waals surface area (Å²) in [6.07, 6.45) is 1.58. The lowest BCUT2D eigenvalue weighted by Crippen LogP contribution is -2.53. The Balaban J connectivity index is 1.55. The average Bonchev–Trinajstić information content (AvgIpc) is 2.72. The molecule has 8 heteroatoms. The van der Waals surface area contributed by atoms with Crippen LogP contribution >= 0.6 is 0 Å². The first kappa shape index (κ1) is 21.2. The molecule has 0 aliphatic carbocycles. The third-order valence-corrected chi connectivity index (χ3v) is 6.45. The summed E-state index contributed by atoms with van der Waals surface area (Å²) in [5.41, 5.74) is 1.21. The van der Waals surface area contributed by atoms with Gasteiger partial charge in [0.05, 0.1) is 6.04 Å². The Morgan fingerprint density at radius 2 is 1.76 bits per heavy atom. The van der Waals surface area contributed by atoms with Crippen molar-refractivity contribution in [3.8, 4) is 0 Å². The smallest absolute Gasteiger partial charge is 0.241 e. The third kappa shape index (κ3) is 5.72. The van der Waals surface area contributed by atoms with Gasteiger partial charge in [-0.15, -0.1) is 0 Å². The number of carbonyl (C=O) groups is 1. The van der Waals surface area contributed by atoms with E-state index in [4.69, 9.17) is 0 Å². The van der Waals surface area contributed by atoms with E-state index in [0.717, 1.165) is 5.56 Å². The molecule has 1 amide bonds. The van der Waals surface area contributed by atoms with Gasteiger partial charge >= 0.3 is 0 Å². The summed E-state index contributed by atoms with van der Waals surface area (Å²) in [6, 6.07) is 14.5. The van der Waals surface area contributed by atoms with E-state index in [-0.39, 0.29) is 5.91 Å². The van der Waals surface area contributed by atoms with Crippen molar-refractivity contribution in [1.29, 1.82) is 0 Å². The first-order valence-electron chi connectivity index (χ1n) is 9.39. The number of piperazine rings is 1. The van der Waals surface area contributed by atoms with Gasteiger partial charge in [0.2, 0.25) is 15.9 Å². The number of sulfonamides is 1. The molecule has 2 aromatic rings. The van der Waals surface area contributed by atoms with Crippen molar-refractivity contribution in [2.45, 2.75) is 13.0 Å². The van der Waals surface area contributed by atoms with Crippen molar-refractivity contribution in [2.75, 3.05) is 31.5 Å². The van der Waals surface area contributed by atoms with E-state index in [2.05, 4.69) is 5.32 Å². The standard InChI is InChI=1S/C21H24FN3O3S/c1-17(21(26)23-20-9-5-8-19(22)16-20)24-11-13-25(14-12-24)29(27,28)15-10-18-6-3-2-4-7-18/h2-10,15-17H,11-14H2,1H3,(H,23,26)/b15-10+/t17-/m0/s1. The van der Waals surface area contributed by atoms with Crippen molar-refractivity contribution in [1.82, 2.24) is 9.21 Å². The lowest BCUT2D eigenvalue weighted by atomic mass is 10.2. The van der Waals surface area contributed by atoms with E-state index in [1.807, 2.05) is 35.2 Å². The van der Waals surface area contributed by atoms with Gasteiger partial charge in [0.15, 0.2) is 0 Å². The number of hydrogen-bond acceptors (Lipinski definition) is 4. The molecule has 0 saturated carbocycles. The minimum absolute atomic E-state index is 0.254. The second-order valence-electron chi connectivity index (χ2n) is 6.87. The highest BCUT2D eigenvalue weighted by atomic mass is 32.2. The van der Waals surface area contributed by atoms with Crippen molar-refractivity contribution in [3.05, 3.63) is 71.4 Å². The van der Waals surface area contributed by atoms with Crippen LogP contribution in [0.15, 0.2) is 60.0 Å². The molecule has 6 nitrogen and oxygen atoms in total. The maximum Gasteiger partial charge on any atom is 0.241 e. The molecule has 0 aromatic heterocycles. The zero-order valence-electron chi connectivity index (χ0n) is 16.2. The fourth-order valence-corrected chi connectivity index (χ4v) is 4.31. The van der Waals surface area contributed by atoms with Crippen LogP contribution in [-0.4, -0.2) is 55.8 Å². The molecule has 1 saturated heterocycles. The number of nitrogens with zero attached hydrogens (tertiary/aromatic N) is 2. The normalized spacial score (nSPS) is 17.3. The second kappa shape index (κ2) is 9.30. The molecule has 1 fully saturated rings. The van der Waals surface area contributed by atoms with Gasteiger partial charge in [-0.25, -0.2) is 12.8 Å².